The Morgan fingerprint density at radius 1 is 1.19 bits per heavy atom. The van der Waals surface area contributed by atoms with Crippen LogP contribution in [0.15, 0.2) is 30.5 Å². The van der Waals surface area contributed by atoms with Crippen LogP contribution in [0.1, 0.15) is 53.3 Å². The van der Waals surface area contributed by atoms with Gasteiger partial charge in [-0.1, -0.05) is 23.7 Å². The number of amides is 3. The second-order valence-corrected chi connectivity index (χ2v) is 8.62. The number of nitrogens with one attached hydrogen (secondary N) is 1. The molecule has 0 atom stereocenters. The predicted octanol–water partition coefficient (Wildman–Crippen LogP) is 4.26. The van der Waals surface area contributed by atoms with E-state index in [2.05, 4.69) is 27.3 Å². The number of benzene rings is 1. The van der Waals surface area contributed by atoms with Gasteiger partial charge in [-0.15, -0.1) is 0 Å². The molecule has 166 valence electrons. The molecule has 1 N–H and O–H groups in total. The lowest BCUT2D eigenvalue weighted by molar-refractivity contribution is 0.101. The number of imidazole rings is 1. The van der Waals surface area contributed by atoms with Crippen molar-refractivity contribution in [3.8, 4) is 0 Å². The summed E-state index contributed by atoms with van der Waals surface area (Å²) in [6.07, 6.45) is 8.12. The van der Waals surface area contributed by atoms with Crippen LogP contribution in [0.25, 0.3) is 10.4 Å². The summed E-state index contributed by atoms with van der Waals surface area (Å²) >= 11 is 0. The standard InChI is InChI=1S/C24H28N6O2/c1-25-21-15-28(2)22(27-21)23(31)26-20-11-10-17(12-19(20)16-8-6-5-7-9-16)18-13-29(3)24(32)30(4)14-18/h8,10-12,15,18H,5-7,9,13-14H2,2-4H3,(H,26,31). The summed E-state index contributed by atoms with van der Waals surface area (Å²) in [7, 11) is 5.37. The number of nitrogens with zero attached hydrogens (tertiary/aromatic N) is 5. The molecule has 0 spiro atoms. The Balaban J connectivity index is 1.67. The maximum absolute atomic E-state index is 12.9. The molecule has 1 aliphatic heterocycles. The molecular weight excluding hydrogens is 404 g/mol. The van der Waals surface area contributed by atoms with Crippen molar-refractivity contribution in [1.29, 1.82) is 0 Å². The highest BCUT2D eigenvalue weighted by Crippen LogP contribution is 2.35. The minimum Gasteiger partial charge on any atom is -0.359 e. The van der Waals surface area contributed by atoms with E-state index in [1.165, 1.54) is 12.0 Å². The average molecular weight is 433 g/mol. The maximum atomic E-state index is 12.9. The van der Waals surface area contributed by atoms with Crippen LogP contribution in [0.4, 0.5) is 16.3 Å². The number of anilines is 1. The molecule has 8 nitrogen and oxygen atoms in total. The SMILES string of the molecule is [C-]#[N+]c1cn(C)c(C(=O)Nc2ccc(C3CN(C)C(=O)N(C)C3)cc2C2=CCCCC2)n1. The number of allylic oxidation sites excluding steroid dienone is 2. The molecule has 1 aromatic heterocycles. The van der Waals surface area contributed by atoms with Gasteiger partial charge in [-0.05, 0) is 49.0 Å². The summed E-state index contributed by atoms with van der Waals surface area (Å²) < 4.78 is 1.57. The first-order chi connectivity index (χ1) is 15.4. The molecule has 2 aliphatic rings. The first-order valence-corrected chi connectivity index (χ1v) is 10.9. The Morgan fingerprint density at radius 3 is 2.56 bits per heavy atom. The molecule has 0 saturated carbocycles. The van der Waals surface area contributed by atoms with Gasteiger partial charge in [0.05, 0.1) is 0 Å². The lowest BCUT2D eigenvalue weighted by Gasteiger charge is -2.36. The summed E-state index contributed by atoms with van der Waals surface area (Å²) in [4.78, 5) is 36.0. The number of carbonyl (C=O) groups is 2. The zero-order chi connectivity index (χ0) is 22.8. The summed E-state index contributed by atoms with van der Waals surface area (Å²) in [5.74, 6) is 0.266. The normalized spacial score (nSPS) is 17.2. The number of aryl methyl sites for hydroxylation is 1. The fourth-order valence-corrected chi connectivity index (χ4v) is 4.54. The summed E-state index contributed by atoms with van der Waals surface area (Å²) in [6.45, 7) is 8.46. The second kappa shape index (κ2) is 8.87. The average Bonchev–Trinajstić information content (AvgIpc) is 3.19. The molecule has 1 aromatic carbocycles. The first kappa shape index (κ1) is 21.6. The molecule has 32 heavy (non-hydrogen) atoms. The van der Waals surface area contributed by atoms with Crippen LogP contribution in [-0.4, -0.2) is 58.5 Å². The molecule has 3 amide bonds. The first-order valence-electron chi connectivity index (χ1n) is 10.9. The number of hydrogen-bond acceptors (Lipinski definition) is 3. The smallest absolute Gasteiger partial charge is 0.319 e. The van der Waals surface area contributed by atoms with Crippen molar-refractivity contribution in [3.05, 3.63) is 58.8 Å². The van der Waals surface area contributed by atoms with Gasteiger partial charge in [-0.3, -0.25) is 4.79 Å². The van der Waals surface area contributed by atoms with Gasteiger partial charge in [0.25, 0.3) is 11.6 Å². The third kappa shape index (κ3) is 4.24. The molecule has 0 bridgehead atoms. The Morgan fingerprint density at radius 2 is 1.94 bits per heavy atom. The summed E-state index contributed by atoms with van der Waals surface area (Å²) in [5, 5.41) is 3.02. The van der Waals surface area contributed by atoms with E-state index in [-0.39, 0.29) is 29.5 Å². The predicted molar refractivity (Wildman–Crippen MR) is 124 cm³/mol. The quantitative estimate of drug-likeness (QED) is 0.734. The molecule has 2 aromatic rings. The minimum absolute atomic E-state index is 0.0363. The number of rotatable bonds is 4. The zero-order valence-electron chi connectivity index (χ0n) is 18.8. The largest absolute Gasteiger partial charge is 0.359 e. The fraction of sp³-hybridized carbons (Fsp3) is 0.417. The van der Waals surface area contributed by atoms with Gasteiger partial charge < -0.3 is 24.5 Å². The van der Waals surface area contributed by atoms with Crippen LogP contribution in [-0.2, 0) is 7.05 Å². The van der Waals surface area contributed by atoms with Gasteiger partial charge >= 0.3 is 11.9 Å². The van der Waals surface area contributed by atoms with E-state index in [0.29, 0.717) is 13.1 Å². The summed E-state index contributed by atoms with van der Waals surface area (Å²) in [5.41, 5.74) is 4.16. The van der Waals surface area contributed by atoms with Crippen molar-refractivity contribution in [1.82, 2.24) is 19.4 Å². The van der Waals surface area contributed by atoms with Crippen molar-refractivity contribution < 1.29 is 9.59 Å². The molecule has 4 rings (SSSR count). The van der Waals surface area contributed by atoms with Gasteiger partial charge in [0.2, 0.25) is 0 Å². The van der Waals surface area contributed by atoms with E-state index >= 15 is 0 Å². The van der Waals surface area contributed by atoms with Gasteiger partial charge in [0.15, 0.2) is 0 Å². The van der Waals surface area contributed by atoms with Crippen LogP contribution < -0.4 is 5.32 Å². The van der Waals surface area contributed by atoms with Crippen LogP contribution in [0.2, 0.25) is 0 Å². The Bertz CT molecular complexity index is 1110. The highest BCUT2D eigenvalue weighted by Gasteiger charge is 2.29. The molecular formula is C24H28N6O2. The summed E-state index contributed by atoms with van der Waals surface area (Å²) in [6, 6.07) is 6.19. The van der Waals surface area contributed by atoms with E-state index in [4.69, 9.17) is 6.57 Å². The molecule has 0 radical (unpaired) electrons. The van der Waals surface area contributed by atoms with Gasteiger partial charge in [0.1, 0.15) is 0 Å². The van der Waals surface area contributed by atoms with Crippen molar-refractivity contribution in [3.63, 3.8) is 0 Å². The third-order valence-electron chi connectivity index (χ3n) is 6.22. The lowest BCUT2D eigenvalue weighted by atomic mass is 9.88. The van der Waals surface area contributed by atoms with Crippen LogP contribution in [0.3, 0.4) is 0 Å². The number of hydrogen-bond donors (Lipinski definition) is 1. The highest BCUT2D eigenvalue weighted by molar-refractivity contribution is 6.03. The van der Waals surface area contributed by atoms with Crippen molar-refractivity contribution in [2.45, 2.75) is 31.6 Å². The third-order valence-corrected chi connectivity index (χ3v) is 6.22. The van der Waals surface area contributed by atoms with E-state index in [0.717, 1.165) is 36.1 Å². The van der Waals surface area contributed by atoms with Gasteiger partial charge in [0, 0.05) is 57.6 Å². The highest BCUT2D eigenvalue weighted by atomic mass is 16.2. The minimum atomic E-state index is -0.337. The van der Waals surface area contributed by atoms with E-state index < -0.39 is 0 Å². The Labute approximate surface area is 188 Å². The second-order valence-electron chi connectivity index (χ2n) is 8.62. The topological polar surface area (TPSA) is 74.8 Å². The molecule has 1 saturated heterocycles. The number of carbonyl (C=O) groups excluding carboxylic acids is 2. The van der Waals surface area contributed by atoms with Crippen LogP contribution >= 0.6 is 0 Å². The Hall–Kier alpha value is -3.60. The maximum Gasteiger partial charge on any atom is 0.319 e. The van der Waals surface area contributed by atoms with Crippen LogP contribution in [0, 0.1) is 6.57 Å². The number of likely N-dealkylation sites (N-methyl/N-ethyl adjacent to an activating group) is 2. The van der Waals surface area contributed by atoms with Crippen molar-refractivity contribution >= 4 is 29.0 Å². The number of aromatic nitrogens is 2. The fourth-order valence-electron chi connectivity index (χ4n) is 4.54. The Kier molecular flexibility index (Phi) is 5.99. The zero-order valence-corrected chi connectivity index (χ0v) is 18.8. The van der Waals surface area contributed by atoms with E-state index in [9.17, 15) is 9.59 Å². The van der Waals surface area contributed by atoms with Crippen molar-refractivity contribution in [2.75, 3.05) is 32.5 Å². The van der Waals surface area contributed by atoms with Gasteiger partial charge in [-0.2, -0.15) is 0 Å². The molecule has 0 unspecified atom stereocenters. The van der Waals surface area contributed by atoms with Crippen molar-refractivity contribution in [2.24, 2.45) is 7.05 Å². The number of urea groups is 1. The molecule has 8 heteroatoms. The van der Waals surface area contributed by atoms with E-state index in [1.54, 1.807) is 27.6 Å². The molecule has 1 fully saturated rings. The van der Waals surface area contributed by atoms with Crippen LogP contribution in [0.5, 0.6) is 0 Å². The molecule has 1 aliphatic carbocycles. The monoisotopic (exact) mass is 432 g/mol. The lowest BCUT2D eigenvalue weighted by Crippen LogP contribution is -2.48. The van der Waals surface area contributed by atoms with E-state index in [1.807, 2.05) is 26.2 Å². The van der Waals surface area contributed by atoms with Gasteiger partial charge in [-0.25, -0.2) is 4.79 Å². The molecule has 2 heterocycles.